The van der Waals surface area contributed by atoms with Crippen molar-refractivity contribution in [2.45, 2.75) is 26.1 Å². The summed E-state index contributed by atoms with van der Waals surface area (Å²) in [5, 5.41) is 10.3. The number of hydrogen-bond acceptors (Lipinski definition) is 1. The maximum atomic E-state index is 13.1. The lowest BCUT2D eigenvalue weighted by atomic mass is 9.92. The lowest BCUT2D eigenvalue weighted by Gasteiger charge is -2.19. The van der Waals surface area contributed by atoms with Crippen LogP contribution in [0.3, 0.4) is 0 Å². The molecule has 2 rings (SSSR count). The van der Waals surface area contributed by atoms with Crippen LogP contribution in [-0.2, 0) is 6.18 Å². The van der Waals surface area contributed by atoms with Crippen LogP contribution in [0.5, 0.6) is 0 Å². The maximum Gasteiger partial charge on any atom is 0.416 e. The number of alkyl halides is 3. The molecule has 0 amide bonds. The van der Waals surface area contributed by atoms with Gasteiger partial charge in [0.2, 0.25) is 0 Å². The van der Waals surface area contributed by atoms with Crippen LogP contribution >= 0.6 is 0 Å². The SMILES string of the molecule is Cc1ccc(C)c(C(O)c2ccc(F)cc2C(F)(F)F)c1. The summed E-state index contributed by atoms with van der Waals surface area (Å²) in [5.41, 5.74) is 0.372. The highest BCUT2D eigenvalue weighted by molar-refractivity contribution is 5.42. The normalized spacial score (nSPS) is 13.3. The van der Waals surface area contributed by atoms with Crippen molar-refractivity contribution in [3.8, 4) is 0 Å². The Labute approximate surface area is 119 Å². The molecular weight excluding hydrogens is 284 g/mol. The molecule has 0 aliphatic rings. The molecule has 0 aliphatic heterocycles. The topological polar surface area (TPSA) is 20.2 Å². The molecule has 1 nitrogen and oxygen atoms in total. The molecule has 2 aromatic rings. The zero-order valence-electron chi connectivity index (χ0n) is 11.5. The zero-order chi connectivity index (χ0) is 15.8. The van der Waals surface area contributed by atoms with E-state index in [2.05, 4.69) is 0 Å². The van der Waals surface area contributed by atoms with Gasteiger partial charge in [0.25, 0.3) is 0 Å². The second-order valence-electron chi connectivity index (χ2n) is 4.99. The molecule has 1 atom stereocenters. The second kappa shape index (κ2) is 5.48. The molecule has 5 heteroatoms. The van der Waals surface area contributed by atoms with Crippen LogP contribution in [0.15, 0.2) is 36.4 Å². The first kappa shape index (κ1) is 15.5. The van der Waals surface area contributed by atoms with Gasteiger partial charge in [-0.15, -0.1) is 0 Å². The Bertz CT molecular complexity index is 662. The van der Waals surface area contributed by atoms with Crippen molar-refractivity contribution in [3.05, 3.63) is 70.0 Å². The number of aryl methyl sites for hydroxylation is 2. The molecule has 1 unspecified atom stereocenters. The van der Waals surface area contributed by atoms with E-state index in [9.17, 15) is 22.7 Å². The molecule has 21 heavy (non-hydrogen) atoms. The number of aliphatic hydroxyl groups excluding tert-OH is 1. The summed E-state index contributed by atoms with van der Waals surface area (Å²) < 4.78 is 52.1. The van der Waals surface area contributed by atoms with Crippen molar-refractivity contribution < 1.29 is 22.7 Å². The van der Waals surface area contributed by atoms with Gasteiger partial charge in [-0.3, -0.25) is 0 Å². The Morgan fingerprint density at radius 2 is 1.62 bits per heavy atom. The summed E-state index contributed by atoms with van der Waals surface area (Å²) in [6, 6.07) is 7.46. The molecule has 0 heterocycles. The molecule has 0 spiro atoms. The Hall–Kier alpha value is -1.88. The van der Waals surface area contributed by atoms with Crippen molar-refractivity contribution in [1.82, 2.24) is 0 Å². The second-order valence-corrected chi connectivity index (χ2v) is 4.99. The van der Waals surface area contributed by atoms with E-state index in [1.165, 1.54) is 0 Å². The van der Waals surface area contributed by atoms with Crippen LogP contribution < -0.4 is 0 Å². The minimum Gasteiger partial charge on any atom is -0.384 e. The summed E-state index contributed by atoms with van der Waals surface area (Å²) in [7, 11) is 0. The third-order valence-corrected chi connectivity index (χ3v) is 3.34. The van der Waals surface area contributed by atoms with Gasteiger partial charge in [0, 0.05) is 0 Å². The fourth-order valence-corrected chi connectivity index (χ4v) is 2.23. The van der Waals surface area contributed by atoms with Gasteiger partial charge in [-0.1, -0.05) is 29.8 Å². The predicted molar refractivity (Wildman–Crippen MR) is 71.4 cm³/mol. The van der Waals surface area contributed by atoms with E-state index in [-0.39, 0.29) is 5.56 Å². The number of aliphatic hydroxyl groups is 1. The molecule has 112 valence electrons. The summed E-state index contributed by atoms with van der Waals surface area (Å²) in [6.07, 6.45) is -6.18. The van der Waals surface area contributed by atoms with Gasteiger partial charge in [0.15, 0.2) is 0 Å². The highest BCUT2D eigenvalue weighted by Gasteiger charge is 2.36. The monoisotopic (exact) mass is 298 g/mol. The van der Waals surface area contributed by atoms with E-state index >= 15 is 0 Å². The van der Waals surface area contributed by atoms with Gasteiger partial charge >= 0.3 is 6.18 Å². The smallest absolute Gasteiger partial charge is 0.384 e. The van der Waals surface area contributed by atoms with Gasteiger partial charge < -0.3 is 5.11 Å². The van der Waals surface area contributed by atoms with E-state index in [0.717, 1.165) is 17.7 Å². The molecule has 0 bridgehead atoms. The first-order valence-corrected chi connectivity index (χ1v) is 6.32. The third kappa shape index (κ3) is 3.24. The average Bonchev–Trinajstić information content (AvgIpc) is 2.40. The molecule has 2 aromatic carbocycles. The van der Waals surface area contributed by atoms with E-state index < -0.39 is 23.7 Å². The van der Waals surface area contributed by atoms with Gasteiger partial charge in [0.05, 0.1) is 5.56 Å². The van der Waals surface area contributed by atoms with Crippen molar-refractivity contribution in [2.24, 2.45) is 0 Å². The molecule has 1 N–H and O–H groups in total. The van der Waals surface area contributed by atoms with Gasteiger partial charge in [-0.2, -0.15) is 13.2 Å². The standard InChI is InChI=1S/C16H14F4O/c1-9-3-4-10(2)13(7-9)15(21)12-6-5-11(17)8-14(12)16(18,19)20/h3-8,15,21H,1-2H3. The van der Waals surface area contributed by atoms with E-state index in [0.29, 0.717) is 17.2 Å². The fourth-order valence-electron chi connectivity index (χ4n) is 2.23. The van der Waals surface area contributed by atoms with Crippen LogP contribution in [0, 0.1) is 19.7 Å². The van der Waals surface area contributed by atoms with Gasteiger partial charge in [0.1, 0.15) is 11.9 Å². The highest BCUT2D eigenvalue weighted by atomic mass is 19.4. The van der Waals surface area contributed by atoms with Crippen molar-refractivity contribution in [1.29, 1.82) is 0 Å². The number of benzene rings is 2. The fraction of sp³-hybridized carbons (Fsp3) is 0.250. The summed E-state index contributed by atoms with van der Waals surface area (Å²) in [4.78, 5) is 0. The average molecular weight is 298 g/mol. The van der Waals surface area contributed by atoms with E-state index in [4.69, 9.17) is 0 Å². The van der Waals surface area contributed by atoms with Crippen LogP contribution in [-0.4, -0.2) is 5.11 Å². The van der Waals surface area contributed by atoms with E-state index in [1.807, 2.05) is 0 Å². The molecule has 0 saturated heterocycles. The maximum absolute atomic E-state index is 13.1. The van der Waals surface area contributed by atoms with E-state index in [1.54, 1.807) is 32.0 Å². The lowest BCUT2D eigenvalue weighted by molar-refractivity contribution is -0.139. The van der Waals surface area contributed by atoms with Crippen LogP contribution in [0.25, 0.3) is 0 Å². The van der Waals surface area contributed by atoms with Crippen molar-refractivity contribution in [2.75, 3.05) is 0 Å². The first-order chi connectivity index (χ1) is 9.70. The predicted octanol–water partition coefficient (Wildman–Crippen LogP) is 4.54. The van der Waals surface area contributed by atoms with Crippen LogP contribution in [0.4, 0.5) is 17.6 Å². The number of rotatable bonds is 2. The molecular formula is C16H14F4O. The largest absolute Gasteiger partial charge is 0.416 e. The van der Waals surface area contributed by atoms with Crippen molar-refractivity contribution >= 4 is 0 Å². The number of hydrogen-bond donors (Lipinski definition) is 1. The zero-order valence-corrected chi connectivity index (χ0v) is 11.5. The summed E-state index contributed by atoms with van der Waals surface area (Å²) >= 11 is 0. The lowest BCUT2D eigenvalue weighted by Crippen LogP contribution is -2.14. The Kier molecular flexibility index (Phi) is 4.05. The Balaban J connectivity index is 2.58. The van der Waals surface area contributed by atoms with Gasteiger partial charge in [-0.05, 0) is 42.7 Å². The summed E-state index contributed by atoms with van der Waals surface area (Å²) in [5.74, 6) is -0.987. The molecule has 0 aliphatic carbocycles. The minimum atomic E-state index is -4.73. The molecule has 0 saturated carbocycles. The Morgan fingerprint density at radius 3 is 2.24 bits per heavy atom. The molecule has 0 fully saturated rings. The highest BCUT2D eigenvalue weighted by Crippen LogP contribution is 2.37. The molecule has 0 radical (unpaired) electrons. The summed E-state index contributed by atoms with van der Waals surface area (Å²) in [6.45, 7) is 3.49. The van der Waals surface area contributed by atoms with Gasteiger partial charge in [-0.25, -0.2) is 4.39 Å². The minimum absolute atomic E-state index is 0.349. The van der Waals surface area contributed by atoms with Crippen LogP contribution in [0.1, 0.15) is 33.9 Å². The van der Waals surface area contributed by atoms with Crippen LogP contribution in [0.2, 0.25) is 0 Å². The molecule has 0 aromatic heterocycles. The Morgan fingerprint density at radius 1 is 0.952 bits per heavy atom. The third-order valence-electron chi connectivity index (χ3n) is 3.34. The quantitative estimate of drug-likeness (QED) is 0.807. The van der Waals surface area contributed by atoms with Crippen molar-refractivity contribution in [3.63, 3.8) is 0 Å². The first-order valence-electron chi connectivity index (χ1n) is 6.32. The number of halogens is 4.